The van der Waals surface area contributed by atoms with Gasteiger partial charge in [-0.2, -0.15) is 0 Å². The van der Waals surface area contributed by atoms with Crippen molar-refractivity contribution < 1.29 is 9.47 Å². The molecule has 1 aliphatic heterocycles. The van der Waals surface area contributed by atoms with E-state index in [4.69, 9.17) is 14.5 Å². The smallest absolute Gasteiger partial charge is 0.161 e. The highest BCUT2D eigenvalue weighted by molar-refractivity contribution is 5.58. The van der Waals surface area contributed by atoms with Gasteiger partial charge in [0.2, 0.25) is 0 Å². The summed E-state index contributed by atoms with van der Waals surface area (Å²) in [5.41, 5.74) is 2.13. The fourth-order valence-electron chi connectivity index (χ4n) is 2.90. The zero-order valence-corrected chi connectivity index (χ0v) is 14.5. The van der Waals surface area contributed by atoms with E-state index >= 15 is 0 Å². The summed E-state index contributed by atoms with van der Waals surface area (Å²) in [6, 6.07) is 20.0. The Balaban J connectivity index is 1.44. The second-order valence-electron chi connectivity index (χ2n) is 6.14. The van der Waals surface area contributed by atoms with Crippen molar-refractivity contribution in [3.05, 3.63) is 72.4 Å². The van der Waals surface area contributed by atoms with Gasteiger partial charge in [0.15, 0.2) is 5.82 Å². The Morgan fingerprint density at radius 3 is 2.46 bits per heavy atom. The number of anilines is 1. The molecule has 5 heteroatoms. The van der Waals surface area contributed by atoms with Crippen molar-refractivity contribution in [3.8, 4) is 17.1 Å². The maximum atomic E-state index is 5.84. The zero-order valence-electron chi connectivity index (χ0n) is 14.5. The Bertz CT molecular complexity index is 831. The largest absolute Gasteiger partial charge is 0.489 e. The van der Waals surface area contributed by atoms with Gasteiger partial charge >= 0.3 is 0 Å². The molecule has 26 heavy (non-hydrogen) atoms. The molecule has 5 nitrogen and oxygen atoms in total. The number of benzene rings is 2. The van der Waals surface area contributed by atoms with Crippen LogP contribution in [-0.2, 0) is 11.3 Å². The third-order valence-electron chi connectivity index (χ3n) is 4.34. The highest BCUT2D eigenvalue weighted by atomic mass is 16.5. The summed E-state index contributed by atoms with van der Waals surface area (Å²) in [6.45, 7) is 3.77. The van der Waals surface area contributed by atoms with Gasteiger partial charge in [-0.05, 0) is 35.9 Å². The van der Waals surface area contributed by atoms with Crippen LogP contribution in [0.1, 0.15) is 5.56 Å². The monoisotopic (exact) mass is 347 g/mol. The van der Waals surface area contributed by atoms with Gasteiger partial charge in [-0.1, -0.05) is 30.3 Å². The minimum Gasteiger partial charge on any atom is -0.489 e. The lowest BCUT2D eigenvalue weighted by atomic mass is 10.2. The van der Waals surface area contributed by atoms with Gasteiger partial charge in [0.05, 0.1) is 13.2 Å². The Morgan fingerprint density at radius 2 is 1.69 bits per heavy atom. The lowest BCUT2D eigenvalue weighted by molar-refractivity contribution is 0.122. The number of aromatic nitrogens is 2. The van der Waals surface area contributed by atoms with Gasteiger partial charge < -0.3 is 14.4 Å². The molecule has 0 amide bonds. The third-order valence-corrected chi connectivity index (χ3v) is 4.34. The molecule has 0 N–H and O–H groups in total. The maximum absolute atomic E-state index is 5.84. The minimum atomic E-state index is 0.559. The molecule has 0 radical (unpaired) electrons. The molecule has 0 saturated carbocycles. The average Bonchev–Trinajstić information content (AvgIpc) is 2.74. The predicted octanol–water partition coefficient (Wildman–Crippen LogP) is 3.56. The van der Waals surface area contributed by atoms with Crippen molar-refractivity contribution in [2.45, 2.75) is 6.61 Å². The lowest BCUT2D eigenvalue weighted by Gasteiger charge is -2.27. The molecule has 0 unspecified atom stereocenters. The first-order valence-electron chi connectivity index (χ1n) is 8.81. The van der Waals surface area contributed by atoms with Crippen LogP contribution < -0.4 is 9.64 Å². The summed E-state index contributed by atoms with van der Waals surface area (Å²) < 4.78 is 11.2. The van der Waals surface area contributed by atoms with E-state index in [1.807, 2.05) is 54.7 Å². The lowest BCUT2D eigenvalue weighted by Crippen LogP contribution is -2.36. The van der Waals surface area contributed by atoms with Crippen LogP contribution in [0.5, 0.6) is 5.75 Å². The van der Waals surface area contributed by atoms with Crippen molar-refractivity contribution in [1.29, 1.82) is 0 Å². The molecule has 0 bridgehead atoms. The van der Waals surface area contributed by atoms with E-state index in [0.717, 1.165) is 54.8 Å². The Labute approximate surface area is 153 Å². The molecule has 132 valence electrons. The van der Waals surface area contributed by atoms with E-state index in [1.165, 1.54) is 0 Å². The van der Waals surface area contributed by atoms with Crippen molar-refractivity contribution in [1.82, 2.24) is 9.97 Å². The normalized spacial score (nSPS) is 14.2. The fraction of sp³-hybridized carbons (Fsp3) is 0.238. The number of hydrogen-bond donors (Lipinski definition) is 0. The summed E-state index contributed by atoms with van der Waals surface area (Å²) in [4.78, 5) is 11.4. The van der Waals surface area contributed by atoms with Crippen molar-refractivity contribution >= 4 is 5.82 Å². The van der Waals surface area contributed by atoms with E-state index < -0.39 is 0 Å². The fourth-order valence-corrected chi connectivity index (χ4v) is 2.90. The highest BCUT2D eigenvalue weighted by Crippen LogP contribution is 2.22. The van der Waals surface area contributed by atoms with Crippen LogP contribution in [0.25, 0.3) is 11.4 Å². The molecular formula is C21H21N3O2. The molecular weight excluding hydrogens is 326 g/mol. The topological polar surface area (TPSA) is 47.5 Å². The second kappa shape index (κ2) is 7.97. The minimum absolute atomic E-state index is 0.559. The molecule has 0 aliphatic carbocycles. The Morgan fingerprint density at radius 1 is 0.923 bits per heavy atom. The number of rotatable bonds is 5. The van der Waals surface area contributed by atoms with E-state index in [9.17, 15) is 0 Å². The van der Waals surface area contributed by atoms with Gasteiger partial charge in [-0.3, -0.25) is 0 Å². The molecule has 2 aromatic carbocycles. The standard InChI is InChI=1S/C21H21N3O2/c1-2-4-17(5-3-1)16-26-19-8-6-18(7-9-19)21-22-11-10-20(23-21)24-12-14-25-15-13-24/h1-11H,12-16H2. The first-order valence-corrected chi connectivity index (χ1v) is 8.81. The zero-order chi connectivity index (χ0) is 17.6. The Hall–Kier alpha value is -2.92. The molecule has 0 atom stereocenters. The highest BCUT2D eigenvalue weighted by Gasteiger charge is 2.13. The number of morpholine rings is 1. The van der Waals surface area contributed by atoms with Crippen molar-refractivity contribution in [2.24, 2.45) is 0 Å². The number of nitrogens with zero attached hydrogens (tertiary/aromatic N) is 3. The molecule has 2 heterocycles. The van der Waals surface area contributed by atoms with E-state index in [1.54, 1.807) is 0 Å². The first-order chi connectivity index (χ1) is 12.9. The summed E-state index contributed by atoms with van der Waals surface area (Å²) in [7, 11) is 0. The summed E-state index contributed by atoms with van der Waals surface area (Å²) in [6.07, 6.45) is 1.81. The Kier molecular flexibility index (Phi) is 5.07. The van der Waals surface area contributed by atoms with E-state index in [0.29, 0.717) is 6.61 Å². The SMILES string of the molecule is c1ccc(COc2ccc(-c3nccc(N4CCOCC4)n3)cc2)cc1. The van der Waals surface area contributed by atoms with Crippen molar-refractivity contribution in [2.75, 3.05) is 31.2 Å². The predicted molar refractivity (Wildman–Crippen MR) is 101 cm³/mol. The van der Waals surface area contributed by atoms with Gasteiger partial charge in [0, 0.05) is 24.8 Å². The molecule has 0 spiro atoms. The van der Waals surface area contributed by atoms with Gasteiger partial charge in [-0.15, -0.1) is 0 Å². The summed E-state index contributed by atoms with van der Waals surface area (Å²) in [5, 5.41) is 0. The van der Waals surface area contributed by atoms with Crippen LogP contribution in [0.15, 0.2) is 66.9 Å². The second-order valence-corrected chi connectivity index (χ2v) is 6.14. The van der Waals surface area contributed by atoms with Gasteiger partial charge in [0.25, 0.3) is 0 Å². The van der Waals surface area contributed by atoms with Crippen LogP contribution in [0.4, 0.5) is 5.82 Å². The van der Waals surface area contributed by atoms with Crippen LogP contribution >= 0.6 is 0 Å². The van der Waals surface area contributed by atoms with Gasteiger partial charge in [-0.25, -0.2) is 9.97 Å². The average molecular weight is 347 g/mol. The van der Waals surface area contributed by atoms with Crippen LogP contribution in [-0.4, -0.2) is 36.3 Å². The summed E-state index contributed by atoms with van der Waals surface area (Å²) >= 11 is 0. The van der Waals surface area contributed by atoms with Crippen LogP contribution in [0.2, 0.25) is 0 Å². The summed E-state index contributed by atoms with van der Waals surface area (Å²) in [5.74, 6) is 2.51. The molecule has 1 saturated heterocycles. The molecule has 4 rings (SSSR count). The number of hydrogen-bond acceptors (Lipinski definition) is 5. The van der Waals surface area contributed by atoms with Gasteiger partial charge in [0.1, 0.15) is 18.2 Å². The molecule has 1 aliphatic rings. The number of ether oxygens (including phenoxy) is 2. The first kappa shape index (κ1) is 16.5. The molecule has 1 aromatic heterocycles. The third kappa shape index (κ3) is 4.00. The molecule has 1 fully saturated rings. The van der Waals surface area contributed by atoms with E-state index in [-0.39, 0.29) is 0 Å². The van der Waals surface area contributed by atoms with E-state index in [2.05, 4.69) is 22.0 Å². The molecule has 3 aromatic rings. The van der Waals surface area contributed by atoms with Crippen LogP contribution in [0.3, 0.4) is 0 Å². The van der Waals surface area contributed by atoms with Crippen LogP contribution in [0, 0.1) is 0 Å². The van der Waals surface area contributed by atoms with Crippen molar-refractivity contribution in [3.63, 3.8) is 0 Å². The quantitative estimate of drug-likeness (QED) is 0.706. The maximum Gasteiger partial charge on any atom is 0.161 e.